The lowest BCUT2D eigenvalue weighted by Crippen LogP contribution is -2.49. The van der Waals surface area contributed by atoms with Crippen LogP contribution < -0.4 is 25.8 Å². The highest BCUT2D eigenvalue weighted by atomic mass is 32.2. The fourth-order valence-corrected chi connectivity index (χ4v) is 4.35. The van der Waals surface area contributed by atoms with Gasteiger partial charge in [-0.25, -0.2) is 10.4 Å². The van der Waals surface area contributed by atoms with Crippen LogP contribution in [0.1, 0.15) is 12.5 Å². The monoisotopic (exact) mass is 439 g/mol. The number of hydrogen-bond acceptors (Lipinski definition) is 7. The summed E-state index contributed by atoms with van der Waals surface area (Å²) in [6.45, 7) is 5.01. The molecule has 9 heteroatoms. The Hall–Kier alpha value is -2.88. The molecule has 0 radical (unpaired) electrons. The molecule has 3 N–H and O–H groups in total. The number of nitrogens with zero attached hydrogens (tertiary/aromatic N) is 2. The average molecular weight is 440 g/mol. The van der Waals surface area contributed by atoms with Crippen LogP contribution in [-0.4, -0.2) is 42.1 Å². The maximum Gasteiger partial charge on any atom is 0.241 e. The molecule has 162 valence electrons. The van der Waals surface area contributed by atoms with E-state index in [0.717, 1.165) is 17.0 Å². The zero-order valence-corrected chi connectivity index (χ0v) is 18.2. The minimum Gasteiger partial charge on any atom is -0.494 e. The second kappa shape index (κ2) is 9.51. The van der Waals surface area contributed by atoms with E-state index in [9.17, 15) is 9.59 Å². The van der Waals surface area contributed by atoms with E-state index in [1.165, 1.54) is 11.8 Å². The number of amidine groups is 1. The minimum absolute atomic E-state index is 0.0301. The van der Waals surface area contributed by atoms with Crippen molar-refractivity contribution in [3.63, 3.8) is 0 Å². The fourth-order valence-electron chi connectivity index (χ4n) is 3.50. The number of ether oxygens (including phenoxy) is 1. The van der Waals surface area contributed by atoms with Crippen molar-refractivity contribution in [2.45, 2.75) is 20.0 Å². The molecule has 2 aromatic rings. The molecule has 2 aromatic carbocycles. The van der Waals surface area contributed by atoms with Crippen molar-refractivity contribution in [1.82, 2.24) is 10.9 Å². The van der Waals surface area contributed by atoms with Crippen molar-refractivity contribution in [3.05, 3.63) is 54.1 Å². The highest BCUT2D eigenvalue weighted by Crippen LogP contribution is 2.29. The maximum absolute atomic E-state index is 13.2. The third-order valence-electron chi connectivity index (χ3n) is 4.97. The average Bonchev–Trinajstić information content (AvgIpc) is 3.23. The number of hydrazine groups is 1. The molecule has 4 rings (SSSR count). The van der Waals surface area contributed by atoms with Crippen LogP contribution in [0.3, 0.4) is 0 Å². The Balaban J connectivity index is 1.46. The fraction of sp³-hybridized carbons (Fsp3) is 0.318. The molecule has 0 bridgehead atoms. The lowest BCUT2D eigenvalue weighted by molar-refractivity contribution is -0.121. The first-order valence-electron chi connectivity index (χ1n) is 10.2. The van der Waals surface area contributed by atoms with Crippen LogP contribution in [0.25, 0.3) is 0 Å². The molecule has 2 atom stereocenters. The Bertz CT molecular complexity index is 995. The number of fused-ring (bicyclic) bond motifs is 1. The summed E-state index contributed by atoms with van der Waals surface area (Å²) in [6, 6.07) is 15.0. The minimum atomic E-state index is -0.328. The van der Waals surface area contributed by atoms with Gasteiger partial charge in [-0.05, 0) is 55.8 Å². The van der Waals surface area contributed by atoms with Gasteiger partial charge in [-0.2, -0.15) is 0 Å². The number of carbonyl (C=O) groups is 2. The molecule has 2 heterocycles. The Morgan fingerprint density at radius 1 is 1.29 bits per heavy atom. The number of thioether (sulfide) groups is 1. The first-order valence-corrected chi connectivity index (χ1v) is 11.2. The van der Waals surface area contributed by atoms with Gasteiger partial charge in [-0.15, -0.1) is 0 Å². The first-order chi connectivity index (χ1) is 15.0. The molecule has 1 fully saturated rings. The van der Waals surface area contributed by atoms with Crippen molar-refractivity contribution in [2.75, 3.05) is 29.1 Å². The lowest BCUT2D eigenvalue weighted by Gasteiger charge is -2.32. The van der Waals surface area contributed by atoms with Gasteiger partial charge in [-0.1, -0.05) is 23.9 Å². The first kappa shape index (κ1) is 21.4. The van der Waals surface area contributed by atoms with Crippen molar-refractivity contribution in [1.29, 1.82) is 0 Å². The van der Waals surface area contributed by atoms with Crippen LogP contribution in [0, 0.1) is 12.8 Å². The number of benzene rings is 2. The summed E-state index contributed by atoms with van der Waals surface area (Å²) < 4.78 is 5.42. The zero-order chi connectivity index (χ0) is 21.8. The van der Waals surface area contributed by atoms with Crippen molar-refractivity contribution >= 4 is 40.1 Å². The van der Waals surface area contributed by atoms with Gasteiger partial charge >= 0.3 is 0 Å². The highest BCUT2D eigenvalue weighted by molar-refractivity contribution is 8.14. The molecule has 8 nitrogen and oxygen atoms in total. The summed E-state index contributed by atoms with van der Waals surface area (Å²) in [6.07, 6.45) is -0.328. The van der Waals surface area contributed by atoms with Crippen LogP contribution in [0.4, 0.5) is 11.4 Å². The van der Waals surface area contributed by atoms with Crippen LogP contribution in [0.5, 0.6) is 5.75 Å². The molecule has 2 amide bonds. The number of rotatable bonds is 6. The second-order valence-electron chi connectivity index (χ2n) is 7.30. The topological polar surface area (TPSA) is 95.1 Å². The molecule has 0 aromatic heterocycles. The normalized spacial score (nSPS) is 20.3. The molecule has 2 aliphatic rings. The van der Waals surface area contributed by atoms with Crippen LogP contribution in [-0.2, 0) is 9.59 Å². The van der Waals surface area contributed by atoms with Gasteiger partial charge in [0.15, 0.2) is 5.17 Å². The summed E-state index contributed by atoms with van der Waals surface area (Å²) in [5.41, 5.74) is 8.54. The van der Waals surface area contributed by atoms with Crippen LogP contribution >= 0.6 is 11.8 Å². The predicted octanol–water partition coefficient (Wildman–Crippen LogP) is 2.52. The molecule has 31 heavy (non-hydrogen) atoms. The Labute approximate surface area is 185 Å². The Kier molecular flexibility index (Phi) is 6.55. The van der Waals surface area contributed by atoms with Gasteiger partial charge in [0.2, 0.25) is 11.8 Å². The zero-order valence-electron chi connectivity index (χ0n) is 17.4. The second-order valence-corrected chi connectivity index (χ2v) is 8.24. The number of hydrogen-bond donors (Lipinski definition) is 3. The Morgan fingerprint density at radius 2 is 2.10 bits per heavy atom. The van der Waals surface area contributed by atoms with E-state index >= 15 is 0 Å². The van der Waals surface area contributed by atoms with E-state index in [-0.39, 0.29) is 29.7 Å². The summed E-state index contributed by atoms with van der Waals surface area (Å²) in [5.74, 6) is 0.408. The Morgan fingerprint density at radius 3 is 2.84 bits per heavy atom. The van der Waals surface area contributed by atoms with Gasteiger partial charge in [-0.3, -0.25) is 19.9 Å². The molecule has 2 unspecified atom stereocenters. The van der Waals surface area contributed by atoms with Crippen molar-refractivity contribution in [2.24, 2.45) is 10.9 Å². The van der Waals surface area contributed by atoms with E-state index in [1.54, 1.807) is 17.0 Å². The summed E-state index contributed by atoms with van der Waals surface area (Å²) in [5, 5.41) is 3.38. The third-order valence-corrected chi connectivity index (χ3v) is 5.93. The SMILES string of the molecule is CCOc1ccc(NC(=O)CSC2=NC3NNCC3C(=O)N2c2cccc(C)c2)cc1. The number of aliphatic imine (C=N–C) groups is 1. The van der Waals surface area contributed by atoms with Gasteiger partial charge < -0.3 is 10.1 Å². The predicted molar refractivity (Wildman–Crippen MR) is 123 cm³/mol. The maximum atomic E-state index is 13.2. The molecular formula is C22H25N5O3S. The quantitative estimate of drug-likeness (QED) is 0.640. The van der Waals surface area contributed by atoms with Crippen molar-refractivity contribution in [3.8, 4) is 5.75 Å². The number of nitrogens with one attached hydrogen (secondary N) is 3. The summed E-state index contributed by atoms with van der Waals surface area (Å²) in [4.78, 5) is 32.0. The van der Waals surface area contributed by atoms with E-state index in [2.05, 4.69) is 16.2 Å². The number of aryl methyl sites for hydroxylation is 1. The van der Waals surface area contributed by atoms with E-state index < -0.39 is 0 Å². The van der Waals surface area contributed by atoms with E-state index in [0.29, 0.717) is 24.0 Å². The molecular weight excluding hydrogens is 414 g/mol. The van der Waals surface area contributed by atoms with Crippen molar-refractivity contribution < 1.29 is 14.3 Å². The molecule has 1 saturated heterocycles. The summed E-state index contributed by atoms with van der Waals surface area (Å²) >= 11 is 1.25. The van der Waals surface area contributed by atoms with E-state index in [4.69, 9.17) is 9.73 Å². The van der Waals surface area contributed by atoms with Crippen LogP contribution in [0.15, 0.2) is 53.5 Å². The van der Waals surface area contributed by atoms with Gasteiger partial charge in [0, 0.05) is 12.2 Å². The third kappa shape index (κ3) is 4.90. The highest BCUT2D eigenvalue weighted by Gasteiger charge is 2.42. The number of carbonyl (C=O) groups excluding carboxylic acids is 2. The van der Waals surface area contributed by atoms with E-state index in [1.807, 2.05) is 50.2 Å². The van der Waals surface area contributed by atoms with Gasteiger partial charge in [0.25, 0.3) is 0 Å². The molecule has 0 spiro atoms. The molecule has 2 aliphatic heterocycles. The summed E-state index contributed by atoms with van der Waals surface area (Å²) in [7, 11) is 0. The standard InChI is InChI=1S/C22H25N5O3S/c1-3-30-17-9-7-15(8-10-17)24-19(28)13-31-22-25-20-18(12-23-26-20)21(29)27(22)16-6-4-5-14(2)11-16/h4-11,18,20,23,26H,3,12-13H2,1-2H3,(H,24,28). The lowest BCUT2D eigenvalue weighted by atomic mass is 10.0. The smallest absolute Gasteiger partial charge is 0.241 e. The molecule has 0 saturated carbocycles. The van der Waals surface area contributed by atoms with Gasteiger partial charge in [0.1, 0.15) is 11.9 Å². The van der Waals surface area contributed by atoms with Gasteiger partial charge in [0.05, 0.1) is 24.0 Å². The largest absolute Gasteiger partial charge is 0.494 e. The number of amides is 2. The molecule has 0 aliphatic carbocycles. The number of anilines is 2. The van der Waals surface area contributed by atoms with Crippen LogP contribution in [0.2, 0.25) is 0 Å².